The monoisotopic (exact) mass is 215 g/mol. The van der Waals surface area contributed by atoms with Crippen LogP contribution in [0.1, 0.15) is 48.0 Å². The van der Waals surface area contributed by atoms with Crippen LogP contribution in [0.4, 0.5) is 0 Å². The number of rotatable bonds is 6. The molecule has 3 heteroatoms. The van der Waals surface area contributed by atoms with Crippen molar-refractivity contribution in [3.8, 4) is 0 Å². The third kappa shape index (κ3) is 6.63. The Bertz CT molecular complexity index is 216. The highest BCUT2D eigenvalue weighted by atomic mass is 16.5. The van der Waals surface area contributed by atoms with Crippen molar-refractivity contribution in [1.29, 1.82) is 0 Å². The van der Waals surface area contributed by atoms with Gasteiger partial charge in [-0.1, -0.05) is 6.92 Å². The highest BCUT2D eigenvalue weighted by Crippen LogP contribution is 2.20. The van der Waals surface area contributed by atoms with Gasteiger partial charge in [-0.15, -0.1) is 0 Å². The van der Waals surface area contributed by atoms with Gasteiger partial charge in [-0.25, -0.2) is 0 Å². The zero-order valence-electron chi connectivity index (χ0n) is 10.9. The van der Waals surface area contributed by atoms with Crippen LogP contribution in [0.5, 0.6) is 0 Å². The van der Waals surface area contributed by atoms with Crippen LogP contribution < -0.4 is 5.73 Å². The first kappa shape index (κ1) is 14.6. The Balaban J connectivity index is 4.09. The predicted molar refractivity (Wildman–Crippen MR) is 62.8 cm³/mol. The number of hydrogen-bond donors (Lipinski definition) is 1. The number of ketones is 1. The van der Waals surface area contributed by atoms with Crippen molar-refractivity contribution in [3.63, 3.8) is 0 Å². The van der Waals surface area contributed by atoms with Gasteiger partial charge in [0.05, 0.1) is 12.2 Å². The first-order valence-electron chi connectivity index (χ1n) is 5.47. The Labute approximate surface area is 93.4 Å². The van der Waals surface area contributed by atoms with Crippen LogP contribution in [0.3, 0.4) is 0 Å². The van der Waals surface area contributed by atoms with Gasteiger partial charge in [-0.2, -0.15) is 0 Å². The minimum Gasteiger partial charge on any atom is -0.375 e. The van der Waals surface area contributed by atoms with E-state index in [1.807, 2.05) is 27.7 Å². The summed E-state index contributed by atoms with van der Waals surface area (Å²) in [6.45, 7) is 12.1. The van der Waals surface area contributed by atoms with E-state index in [4.69, 9.17) is 10.5 Å². The summed E-state index contributed by atoms with van der Waals surface area (Å²) < 4.78 is 5.73. The molecule has 0 aliphatic carbocycles. The third-order valence-corrected chi connectivity index (χ3v) is 2.67. The van der Waals surface area contributed by atoms with Crippen LogP contribution in [0.15, 0.2) is 0 Å². The van der Waals surface area contributed by atoms with Crippen LogP contribution in [0, 0.1) is 5.92 Å². The lowest BCUT2D eigenvalue weighted by atomic mass is 9.91. The summed E-state index contributed by atoms with van der Waals surface area (Å²) >= 11 is 0. The third-order valence-electron chi connectivity index (χ3n) is 2.67. The van der Waals surface area contributed by atoms with Crippen LogP contribution in [-0.4, -0.2) is 23.5 Å². The molecule has 0 aromatic heterocycles. The van der Waals surface area contributed by atoms with Crippen LogP contribution >= 0.6 is 0 Å². The Morgan fingerprint density at radius 2 is 1.80 bits per heavy atom. The van der Waals surface area contributed by atoms with E-state index in [-0.39, 0.29) is 22.8 Å². The summed E-state index contributed by atoms with van der Waals surface area (Å²) in [6, 6.07) is 0. The van der Waals surface area contributed by atoms with Gasteiger partial charge in [0.15, 0.2) is 0 Å². The molecule has 0 saturated carbocycles. The second-order valence-corrected chi connectivity index (χ2v) is 5.67. The van der Waals surface area contributed by atoms with E-state index >= 15 is 0 Å². The van der Waals surface area contributed by atoms with Crippen LogP contribution in [0.25, 0.3) is 0 Å². The lowest BCUT2D eigenvalue weighted by Crippen LogP contribution is -2.43. The summed E-state index contributed by atoms with van der Waals surface area (Å²) in [6.07, 6.45) is 0.449. The molecular formula is C12H25NO2. The Kier molecular flexibility index (Phi) is 4.94. The average molecular weight is 215 g/mol. The lowest BCUT2D eigenvalue weighted by molar-refractivity contribution is -0.124. The van der Waals surface area contributed by atoms with Crippen molar-refractivity contribution in [1.82, 2.24) is 0 Å². The molecule has 0 amide bonds. The Morgan fingerprint density at radius 3 is 2.13 bits per heavy atom. The first-order valence-corrected chi connectivity index (χ1v) is 5.47. The second kappa shape index (κ2) is 5.08. The molecule has 0 rings (SSSR count). The minimum absolute atomic E-state index is 0.152. The molecule has 0 aromatic carbocycles. The SMILES string of the molecule is CC(=O)CC(C)(C)OCC(C)C(C)(C)N. The number of carbonyl (C=O) groups is 1. The van der Waals surface area contributed by atoms with Crippen LogP contribution in [-0.2, 0) is 9.53 Å². The summed E-state index contributed by atoms with van der Waals surface area (Å²) in [5.74, 6) is 0.420. The van der Waals surface area contributed by atoms with Gasteiger partial charge in [0.25, 0.3) is 0 Å². The van der Waals surface area contributed by atoms with Crippen molar-refractivity contribution in [3.05, 3.63) is 0 Å². The molecule has 1 atom stereocenters. The standard InChI is InChI=1S/C12H25NO2/c1-9(12(5,6)13)8-15-11(3,4)7-10(2)14/h9H,7-8,13H2,1-6H3. The highest BCUT2D eigenvalue weighted by Gasteiger charge is 2.26. The molecule has 3 nitrogen and oxygen atoms in total. The number of ether oxygens (including phenoxy) is 1. The smallest absolute Gasteiger partial charge is 0.132 e. The molecule has 0 saturated heterocycles. The molecule has 0 aliphatic heterocycles. The molecular weight excluding hydrogens is 190 g/mol. The van der Waals surface area contributed by atoms with Gasteiger partial charge in [-0.3, -0.25) is 4.79 Å². The summed E-state index contributed by atoms with van der Waals surface area (Å²) in [4.78, 5) is 11.0. The molecule has 0 spiro atoms. The molecule has 0 aliphatic rings. The van der Waals surface area contributed by atoms with Gasteiger partial charge in [-0.05, 0) is 40.5 Å². The molecule has 0 radical (unpaired) electrons. The van der Waals surface area contributed by atoms with E-state index in [0.29, 0.717) is 13.0 Å². The zero-order chi connectivity index (χ0) is 12.3. The maximum Gasteiger partial charge on any atom is 0.132 e. The number of nitrogens with two attached hydrogens (primary N) is 1. The Morgan fingerprint density at radius 1 is 1.33 bits per heavy atom. The molecule has 0 aromatic rings. The van der Waals surface area contributed by atoms with E-state index in [1.165, 1.54) is 0 Å². The average Bonchev–Trinajstić information content (AvgIpc) is 1.95. The van der Waals surface area contributed by atoms with E-state index in [0.717, 1.165) is 0 Å². The molecule has 0 fully saturated rings. The van der Waals surface area contributed by atoms with Gasteiger partial charge < -0.3 is 10.5 Å². The van der Waals surface area contributed by atoms with Gasteiger partial charge in [0.2, 0.25) is 0 Å². The molecule has 2 N–H and O–H groups in total. The van der Waals surface area contributed by atoms with Gasteiger partial charge >= 0.3 is 0 Å². The molecule has 15 heavy (non-hydrogen) atoms. The van der Waals surface area contributed by atoms with E-state index in [1.54, 1.807) is 6.92 Å². The zero-order valence-corrected chi connectivity index (χ0v) is 10.9. The number of carbonyl (C=O) groups excluding carboxylic acids is 1. The highest BCUT2D eigenvalue weighted by molar-refractivity contribution is 5.76. The molecule has 90 valence electrons. The van der Waals surface area contributed by atoms with E-state index < -0.39 is 0 Å². The second-order valence-electron chi connectivity index (χ2n) is 5.67. The van der Waals surface area contributed by atoms with E-state index in [9.17, 15) is 4.79 Å². The van der Waals surface area contributed by atoms with Gasteiger partial charge in [0.1, 0.15) is 5.78 Å². The molecule has 1 unspecified atom stereocenters. The summed E-state index contributed by atoms with van der Waals surface area (Å²) in [5.41, 5.74) is 5.34. The summed E-state index contributed by atoms with van der Waals surface area (Å²) in [5, 5.41) is 0. The van der Waals surface area contributed by atoms with Crippen molar-refractivity contribution in [2.24, 2.45) is 11.7 Å². The minimum atomic E-state index is -0.384. The fourth-order valence-electron chi connectivity index (χ4n) is 1.22. The maximum absolute atomic E-state index is 11.0. The predicted octanol–water partition coefficient (Wildman–Crippen LogP) is 2.13. The van der Waals surface area contributed by atoms with Crippen molar-refractivity contribution < 1.29 is 9.53 Å². The lowest BCUT2D eigenvalue weighted by Gasteiger charge is -2.31. The first-order chi connectivity index (χ1) is 6.54. The quantitative estimate of drug-likeness (QED) is 0.738. The fourth-order valence-corrected chi connectivity index (χ4v) is 1.22. The largest absolute Gasteiger partial charge is 0.375 e. The Hall–Kier alpha value is -0.410. The summed E-state index contributed by atoms with van der Waals surface area (Å²) in [7, 11) is 0. The van der Waals surface area contributed by atoms with Crippen molar-refractivity contribution in [2.45, 2.75) is 59.1 Å². The van der Waals surface area contributed by atoms with Crippen molar-refractivity contribution >= 4 is 5.78 Å². The number of hydrogen-bond acceptors (Lipinski definition) is 3. The maximum atomic E-state index is 11.0. The fraction of sp³-hybridized carbons (Fsp3) is 0.917. The van der Waals surface area contributed by atoms with Crippen molar-refractivity contribution in [2.75, 3.05) is 6.61 Å². The van der Waals surface area contributed by atoms with Gasteiger partial charge in [0, 0.05) is 12.0 Å². The van der Waals surface area contributed by atoms with E-state index in [2.05, 4.69) is 6.92 Å². The molecule has 0 heterocycles. The molecule has 0 bridgehead atoms. The normalized spacial score (nSPS) is 15.1. The number of Topliss-reactive ketones (excluding diaryl/α,β-unsaturated/α-hetero) is 1. The van der Waals surface area contributed by atoms with Crippen LogP contribution in [0.2, 0.25) is 0 Å². The topological polar surface area (TPSA) is 52.3 Å².